The molecule has 0 spiro atoms. The van der Waals surface area contributed by atoms with Crippen LogP contribution < -0.4 is 5.32 Å². The molecule has 0 amide bonds. The van der Waals surface area contributed by atoms with Crippen molar-refractivity contribution in [2.75, 3.05) is 20.7 Å². The van der Waals surface area contributed by atoms with Crippen molar-refractivity contribution >= 4 is 10.9 Å². The summed E-state index contributed by atoms with van der Waals surface area (Å²) in [7, 11) is 3.74. The molecule has 3 nitrogen and oxygen atoms in total. The lowest BCUT2D eigenvalue weighted by Crippen LogP contribution is -2.37. The van der Waals surface area contributed by atoms with Gasteiger partial charge in [0.25, 0.3) is 0 Å². The molecule has 2 N–H and O–H groups in total. The van der Waals surface area contributed by atoms with E-state index in [-0.39, 0.29) is 5.60 Å². The third-order valence-corrected chi connectivity index (χ3v) is 3.50. The number of para-hydroxylation sites is 1. The van der Waals surface area contributed by atoms with E-state index in [0.29, 0.717) is 0 Å². The average molecular weight is 232 g/mol. The molecule has 0 aliphatic rings. The van der Waals surface area contributed by atoms with Crippen LogP contribution in [0.5, 0.6) is 0 Å². The topological polar surface area (TPSA) is 37.0 Å². The number of benzene rings is 1. The van der Waals surface area contributed by atoms with Crippen molar-refractivity contribution in [2.24, 2.45) is 0 Å². The molecule has 1 atom stereocenters. The molecule has 0 saturated heterocycles. The number of hydrogen-bond acceptors (Lipinski definition) is 2. The predicted octanol–water partition coefficient (Wildman–Crippen LogP) is 2.64. The molecule has 1 heterocycles. The normalized spacial score (nSPS) is 15.0. The van der Waals surface area contributed by atoms with Crippen molar-refractivity contribution in [2.45, 2.75) is 18.9 Å². The molecule has 2 aromatic rings. The lowest BCUT2D eigenvalue weighted by atomic mass is 9.90. The lowest BCUT2D eigenvalue weighted by Gasteiger charge is -2.31. The highest BCUT2D eigenvalue weighted by atomic mass is 16.5. The number of H-pyrrole nitrogens is 1. The van der Waals surface area contributed by atoms with Gasteiger partial charge in [-0.2, -0.15) is 0 Å². The summed E-state index contributed by atoms with van der Waals surface area (Å²) in [6, 6.07) is 8.34. The number of likely N-dealkylation sites (N-methyl/N-ethyl adjacent to an activating group) is 1. The molecule has 0 fully saturated rings. The van der Waals surface area contributed by atoms with Crippen LogP contribution in [0.2, 0.25) is 0 Å². The van der Waals surface area contributed by atoms with Gasteiger partial charge < -0.3 is 15.0 Å². The highest BCUT2D eigenvalue weighted by Crippen LogP contribution is 2.33. The van der Waals surface area contributed by atoms with Gasteiger partial charge in [0.05, 0.1) is 0 Å². The number of ether oxygens (including phenoxy) is 1. The molecule has 17 heavy (non-hydrogen) atoms. The molecular formula is C14H20N2O. The highest BCUT2D eigenvalue weighted by Gasteiger charge is 2.31. The van der Waals surface area contributed by atoms with E-state index in [1.165, 1.54) is 10.9 Å². The Morgan fingerprint density at radius 1 is 1.35 bits per heavy atom. The van der Waals surface area contributed by atoms with Gasteiger partial charge >= 0.3 is 0 Å². The van der Waals surface area contributed by atoms with Gasteiger partial charge in [0, 0.05) is 36.3 Å². The average Bonchev–Trinajstić information content (AvgIpc) is 2.81. The van der Waals surface area contributed by atoms with Crippen molar-refractivity contribution in [3.8, 4) is 0 Å². The van der Waals surface area contributed by atoms with Crippen molar-refractivity contribution in [3.05, 3.63) is 36.0 Å². The molecular weight excluding hydrogens is 212 g/mol. The van der Waals surface area contributed by atoms with Gasteiger partial charge in [-0.25, -0.2) is 0 Å². The number of hydrogen-bond donors (Lipinski definition) is 2. The fourth-order valence-electron chi connectivity index (χ4n) is 2.47. The predicted molar refractivity (Wildman–Crippen MR) is 71.2 cm³/mol. The van der Waals surface area contributed by atoms with Crippen LogP contribution in [0.15, 0.2) is 30.5 Å². The van der Waals surface area contributed by atoms with Crippen LogP contribution in [-0.2, 0) is 10.3 Å². The monoisotopic (exact) mass is 232 g/mol. The summed E-state index contributed by atoms with van der Waals surface area (Å²) in [6.45, 7) is 2.96. The van der Waals surface area contributed by atoms with Crippen molar-refractivity contribution < 1.29 is 4.74 Å². The van der Waals surface area contributed by atoms with Gasteiger partial charge in [-0.05, 0) is 19.5 Å². The third kappa shape index (κ3) is 1.96. The van der Waals surface area contributed by atoms with E-state index in [1.54, 1.807) is 7.11 Å². The van der Waals surface area contributed by atoms with Crippen LogP contribution in [0.3, 0.4) is 0 Å². The maximum atomic E-state index is 5.80. The Hall–Kier alpha value is -1.32. The van der Waals surface area contributed by atoms with Gasteiger partial charge in [0.1, 0.15) is 5.60 Å². The van der Waals surface area contributed by atoms with E-state index in [2.05, 4.69) is 41.6 Å². The quantitative estimate of drug-likeness (QED) is 0.831. The van der Waals surface area contributed by atoms with Gasteiger partial charge in [-0.1, -0.05) is 25.1 Å². The summed E-state index contributed by atoms with van der Waals surface area (Å²) < 4.78 is 5.80. The summed E-state index contributed by atoms with van der Waals surface area (Å²) >= 11 is 0. The summed E-state index contributed by atoms with van der Waals surface area (Å²) in [5, 5.41) is 4.47. The maximum Gasteiger partial charge on any atom is 0.107 e. The Bertz CT molecular complexity index is 486. The summed E-state index contributed by atoms with van der Waals surface area (Å²) in [5.41, 5.74) is 2.13. The summed E-state index contributed by atoms with van der Waals surface area (Å²) in [4.78, 5) is 3.31. The van der Waals surface area contributed by atoms with E-state index in [0.717, 1.165) is 18.5 Å². The summed E-state index contributed by atoms with van der Waals surface area (Å²) in [6.07, 6.45) is 3.00. The zero-order chi connectivity index (χ0) is 12.3. The largest absolute Gasteiger partial charge is 0.372 e. The lowest BCUT2D eigenvalue weighted by molar-refractivity contribution is -0.0147. The van der Waals surface area contributed by atoms with Crippen LogP contribution in [0.4, 0.5) is 0 Å². The van der Waals surface area contributed by atoms with E-state index < -0.39 is 0 Å². The number of aromatic nitrogens is 1. The molecule has 0 aliphatic heterocycles. The van der Waals surface area contributed by atoms with Crippen LogP contribution in [0.1, 0.15) is 18.9 Å². The van der Waals surface area contributed by atoms with Crippen LogP contribution >= 0.6 is 0 Å². The molecule has 1 aromatic heterocycles. The Kier molecular flexibility index (Phi) is 3.50. The van der Waals surface area contributed by atoms with Crippen molar-refractivity contribution in [1.29, 1.82) is 0 Å². The van der Waals surface area contributed by atoms with E-state index >= 15 is 0 Å². The minimum absolute atomic E-state index is 0.256. The van der Waals surface area contributed by atoms with E-state index in [1.807, 2.05) is 13.1 Å². The molecule has 0 aliphatic carbocycles. The first-order chi connectivity index (χ1) is 8.27. The highest BCUT2D eigenvalue weighted by molar-refractivity contribution is 5.84. The fraction of sp³-hybridized carbons (Fsp3) is 0.429. The Morgan fingerprint density at radius 3 is 2.76 bits per heavy atom. The second-order valence-corrected chi connectivity index (χ2v) is 4.33. The number of rotatable bonds is 5. The van der Waals surface area contributed by atoms with Crippen LogP contribution in [-0.4, -0.2) is 25.7 Å². The van der Waals surface area contributed by atoms with Gasteiger partial charge in [-0.3, -0.25) is 0 Å². The Balaban J connectivity index is 2.56. The third-order valence-electron chi connectivity index (χ3n) is 3.50. The minimum Gasteiger partial charge on any atom is -0.372 e. The zero-order valence-electron chi connectivity index (χ0n) is 10.7. The second kappa shape index (κ2) is 4.90. The number of aromatic amines is 1. The molecule has 92 valence electrons. The number of nitrogens with one attached hydrogen (secondary N) is 2. The fourth-order valence-corrected chi connectivity index (χ4v) is 2.47. The van der Waals surface area contributed by atoms with E-state index in [9.17, 15) is 0 Å². The molecule has 3 heteroatoms. The second-order valence-electron chi connectivity index (χ2n) is 4.33. The molecule has 1 aromatic carbocycles. The zero-order valence-corrected chi connectivity index (χ0v) is 10.7. The molecule has 0 saturated carbocycles. The molecule has 0 bridgehead atoms. The van der Waals surface area contributed by atoms with Gasteiger partial charge in [0.2, 0.25) is 0 Å². The molecule has 2 rings (SSSR count). The Morgan fingerprint density at radius 2 is 2.12 bits per heavy atom. The smallest absolute Gasteiger partial charge is 0.107 e. The van der Waals surface area contributed by atoms with Crippen molar-refractivity contribution in [1.82, 2.24) is 10.3 Å². The standard InChI is InChI=1S/C14H20N2O/c1-4-14(17-3,10-15-2)12-9-16-13-8-6-5-7-11(12)13/h5-9,15-16H,4,10H2,1-3H3. The van der Waals surface area contributed by atoms with Crippen LogP contribution in [0.25, 0.3) is 10.9 Å². The molecule has 1 unspecified atom stereocenters. The minimum atomic E-state index is -0.256. The van der Waals surface area contributed by atoms with Crippen LogP contribution in [0, 0.1) is 0 Å². The van der Waals surface area contributed by atoms with Gasteiger partial charge in [0.15, 0.2) is 0 Å². The first-order valence-corrected chi connectivity index (χ1v) is 6.03. The SMILES string of the molecule is CCC(CNC)(OC)c1c[nH]c2ccccc12. The molecule has 0 radical (unpaired) electrons. The Labute approximate surface area is 102 Å². The number of fused-ring (bicyclic) bond motifs is 1. The first kappa shape index (κ1) is 12.1. The maximum absolute atomic E-state index is 5.80. The van der Waals surface area contributed by atoms with Gasteiger partial charge in [-0.15, -0.1) is 0 Å². The van der Waals surface area contributed by atoms with Crippen molar-refractivity contribution in [3.63, 3.8) is 0 Å². The first-order valence-electron chi connectivity index (χ1n) is 6.03. The summed E-state index contributed by atoms with van der Waals surface area (Å²) in [5.74, 6) is 0. The van der Waals surface area contributed by atoms with E-state index in [4.69, 9.17) is 4.74 Å². The number of methoxy groups -OCH3 is 1.